The van der Waals surface area contributed by atoms with Crippen LogP contribution in [0.2, 0.25) is 0 Å². The minimum Gasteiger partial charge on any atom is -0.508 e. The molecule has 33 heavy (non-hydrogen) atoms. The zero-order valence-electron chi connectivity index (χ0n) is 18.4. The molecule has 0 saturated carbocycles. The topological polar surface area (TPSA) is 121 Å². The second kappa shape index (κ2) is 14.4. The summed E-state index contributed by atoms with van der Waals surface area (Å²) in [5.41, 5.74) is 1.09. The molecule has 0 aromatic heterocycles. The Balaban J connectivity index is 1.54. The van der Waals surface area contributed by atoms with E-state index in [-0.39, 0.29) is 30.0 Å². The molecule has 2 aromatic rings. The van der Waals surface area contributed by atoms with Crippen LogP contribution in [0.3, 0.4) is 0 Å². The molecule has 0 radical (unpaired) electrons. The Bertz CT molecular complexity index is 831. The van der Waals surface area contributed by atoms with Gasteiger partial charge in [0, 0.05) is 6.07 Å². The van der Waals surface area contributed by atoms with E-state index >= 15 is 0 Å². The standard InChI is InChI=1S/C23H30N2O8/c26-20-4-1-18(2-5-20)24-25-19-3-6-22(27)23(15-19)33-17-21-16-31-12-11-29-8-7-28-9-10-30-13-14-32-21/h1-6,15,21,26-27H,7-14,16-17H2. The van der Waals surface area contributed by atoms with Gasteiger partial charge >= 0.3 is 0 Å². The minimum atomic E-state index is -0.364. The Morgan fingerprint density at radius 2 is 1.30 bits per heavy atom. The molecule has 1 saturated heterocycles. The molecule has 0 spiro atoms. The molecule has 1 aliphatic heterocycles. The summed E-state index contributed by atoms with van der Waals surface area (Å²) in [7, 11) is 0. The van der Waals surface area contributed by atoms with E-state index < -0.39 is 0 Å². The minimum absolute atomic E-state index is 0.0200. The van der Waals surface area contributed by atoms with Crippen molar-refractivity contribution in [1.29, 1.82) is 0 Å². The van der Waals surface area contributed by atoms with Crippen molar-refractivity contribution >= 4 is 11.4 Å². The molecular formula is C23H30N2O8. The van der Waals surface area contributed by atoms with Crippen LogP contribution in [0.25, 0.3) is 0 Å². The van der Waals surface area contributed by atoms with Gasteiger partial charge in [0.05, 0.1) is 70.8 Å². The normalized spacial score (nSPS) is 19.6. The molecule has 10 heteroatoms. The summed E-state index contributed by atoms with van der Waals surface area (Å²) in [6.45, 7) is 4.18. The summed E-state index contributed by atoms with van der Waals surface area (Å²) in [5, 5.41) is 27.8. The number of ether oxygens (including phenoxy) is 6. The number of hydrogen-bond donors (Lipinski definition) is 2. The molecule has 0 aliphatic carbocycles. The van der Waals surface area contributed by atoms with Gasteiger partial charge in [-0.25, -0.2) is 0 Å². The molecule has 2 N–H and O–H groups in total. The fraction of sp³-hybridized carbons (Fsp3) is 0.478. The van der Waals surface area contributed by atoms with Gasteiger partial charge in [0.25, 0.3) is 0 Å². The predicted octanol–water partition coefficient (Wildman–Crippen LogP) is 3.36. The maximum atomic E-state index is 10.2. The lowest BCUT2D eigenvalue weighted by atomic mass is 10.3. The maximum absolute atomic E-state index is 10.2. The van der Waals surface area contributed by atoms with E-state index in [9.17, 15) is 10.2 Å². The molecular weight excluding hydrogens is 432 g/mol. The van der Waals surface area contributed by atoms with Gasteiger partial charge in [-0.05, 0) is 36.4 Å². The van der Waals surface area contributed by atoms with Crippen molar-refractivity contribution in [3.05, 3.63) is 42.5 Å². The fourth-order valence-electron chi connectivity index (χ4n) is 2.79. The Morgan fingerprint density at radius 1 is 0.727 bits per heavy atom. The Morgan fingerprint density at radius 3 is 2.00 bits per heavy atom. The summed E-state index contributed by atoms with van der Waals surface area (Å²) in [5.74, 6) is 0.392. The van der Waals surface area contributed by atoms with E-state index in [0.29, 0.717) is 70.8 Å². The van der Waals surface area contributed by atoms with E-state index in [1.165, 1.54) is 18.2 Å². The molecule has 2 aromatic carbocycles. The highest BCUT2D eigenvalue weighted by Crippen LogP contribution is 2.31. The van der Waals surface area contributed by atoms with Gasteiger partial charge in [0.2, 0.25) is 0 Å². The van der Waals surface area contributed by atoms with Crippen molar-refractivity contribution in [3.63, 3.8) is 0 Å². The molecule has 180 valence electrons. The highest BCUT2D eigenvalue weighted by atomic mass is 16.6. The fourth-order valence-corrected chi connectivity index (χ4v) is 2.79. The first-order valence-electron chi connectivity index (χ1n) is 10.8. The average molecular weight is 462 g/mol. The maximum Gasteiger partial charge on any atom is 0.163 e. The van der Waals surface area contributed by atoms with Gasteiger partial charge in [-0.3, -0.25) is 0 Å². The van der Waals surface area contributed by atoms with Gasteiger partial charge in [-0.15, -0.1) is 0 Å². The monoisotopic (exact) mass is 462 g/mol. The van der Waals surface area contributed by atoms with Gasteiger partial charge in [0.1, 0.15) is 18.5 Å². The lowest BCUT2D eigenvalue weighted by Gasteiger charge is -2.19. The van der Waals surface area contributed by atoms with Gasteiger partial charge in [0.15, 0.2) is 11.5 Å². The number of aromatic hydroxyl groups is 2. The van der Waals surface area contributed by atoms with Crippen LogP contribution in [0.4, 0.5) is 11.4 Å². The average Bonchev–Trinajstić information content (AvgIpc) is 2.83. The molecule has 1 fully saturated rings. The van der Waals surface area contributed by atoms with Gasteiger partial charge in [-0.1, -0.05) is 0 Å². The largest absolute Gasteiger partial charge is 0.508 e. The van der Waals surface area contributed by atoms with Crippen molar-refractivity contribution in [1.82, 2.24) is 0 Å². The molecule has 1 atom stereocenters. The van der Waals surface area contributed by atoms with Crippen LogP contribution in [0, 0.1) is 0 Å². The number of nitrogens with zero attached hydrogens (tertiary/aromatic N) is 2. The first-order chi connectivity index (χ1) is 16.2. The number of phenolic OH excluding ortho intramolecular Hbond substituents is 2. The van der Waals surface area contributed by atoms with E-state index in [1.54, 1.807) is 24.3 Å². The van der Waals surface area contributed by atoms with Crippen molar-refractivity contribution in [2.75, 3.05) is 66.1 Å². The second-order valence-electron chi connectivity index (χ2n) is 7.08. The molecule has 1 unspecified atom stereocenters. The molecule has 3 rings (SSSR count). The van der Waals surface area contributed by atoms with E-state index in [0.717, 1.165) is 0 Å². The van der Waals surface area contributed by atoms with Gasteiger partial charge < -0.3 is 38.6 Å². The van der Waals surface area contributed by atoms with Crippen LogP contribution >= 0.6 is 0 Å². The molecule has 1 heterocycles. The number of azo groups is 1. The van der Waals surface area contributed by atoms with Crippen molar-refractivity contribution < 1.29 is 38.6 Å². The van der Waals surface area contributed by atoms with Crippen molar-refractivity contribution in [3.8, 4) is 17.2 Å². The number of phenols is 2. The Kier molecular flexibility index (Phi) is 10.9. The van der Waals surface area contributed by atoms with Crippen molar-refractivity contribution in [2.24, 2.45) is 10.2 Å². The van der Waals surface area contributed by atoms with Crippen LogP contribution in [0.15, 0.2) is 52.7 Å². The summed E-state index contributed by atoms with van der Waals surface area (Å²) in [6, 6.07) is 11.0. The Hall–Kier alpha value is -2.76. The van der Waals surface area contributed by atoms with Crippen LogP contribution in [0.5, 0.6) is 17.2 Å². The summed E-state index contributed by atoms with van der Waals surface area (Å²) < 4.78 is 33.6. The lowest BCUT2D eigenvalue weighted by molar-refractivity contribution is -0.0608. The highest BCUT2D eigenvalue weighted by molar-refractivity contribution is 5.51. The first kappa shape index (κ1) is 24.9. The van der Waals surface area contributed by atoms with Crippen LogP contribution in [-0.4, -0.2) is 82.4 Å². The number of rotatable bonds is 5. The third-order valence-corrected chi connectivity index (χ3v) is 4.50. The number of hydrogen-bond acceptors (Lipinski definition) is 10. The lowest BCUT2D eigenvalue weighted by Crippen LogP contribution is -2.29. The third kappa shape index (κ3) is 9.72. The van der Waals surface area contributed by atoms with E-state index in [4.69, 9.17) is 28.4 Å². The SMILES string of the molecule is Oc1ccc(N=Nc2ccc(O)c(OCC3COCCOCCOCCOCCO3)c2)cc1. The van der Waals surface area contributed by atoms with Crippen LogP contribution in [-0.2, 0) is 23.7 Å². The molecule has 0 amide bonds. The smallest absolute Gasteiger partial charge is 0.163 e. The first-order valence-corrected chi connectivity index (χ1v) is 10.8. The summed E-state index contributed by atoms with van der Waals surface area (Å²) >= 11 is 0. The molecule has 0 bridgehead atoms. The van der Waals surface area contributed by atoms with Gasteiger partial charge in [-0.2, -0.15) is 10.2 Å². The Labute approximate surface area is 192 Å². The predicted molar refractivity (Wildman–Crippen MR) is 119 cm³/mol. The molecule has 1 aliphatic rings. The summed E-state index contributed by atoms with van der Waals surface area (Å²) in [4.78, 5) is 0. The quantitative estimate of drug-likeness (QED) is 0.649. The van der Waals surface area contributed by atoms with E-state index in [2.05, 4.69) is 10.2 Å². The highest BCUT2D eigenvalue weighted by Gasteiger charge is 2.13. The second-order valence-corrected chi connectivity index (χ2v) is 7.08. The molecule has 10 nitrogen and oxygen atoms in total. The van der Waals surface area contributed by atoms with Crippen LogP contribution < -0.4 is 4.74 Å². The van der Waals surface area contributed by atoms with Crippen molar-refractivity contribution in [2.45, 2.75) is 6.10 Å². The zero-order chi connectivity index (χ0) is 23.1. The van der Waals surface area contributed by atoms with Crippen LogP contribution in [0.1, 0.15) is 0 Å². The number of benzene rings is 2. The van der Waals surface area contributed by atoms with E-state index in [1.807, 2.05) is 0 Å². The summed E-state index contributed by atoms with van der Waals surface area (Å²) in [6.07, 6.45) is -0.364. The third-order valence-electron chi connectivity index (χ3n) is 4.50. The zero-order valence-corrected chi connectivity index (χ0v) is 18.4.